The Morgan fingerprint density at radius 1 is 1.29 bits per heavy atom. The molecule has 0 aliphatic rings. The summed E-state index contributed by atoms with van der Waals surface area (Å²) in [4.78, 5) is 1.27. The van der Waals surface area contributed by atoms with E-state index in [2.05, 4.69) is 19.1 Å². The molecule has 1 nitrogen and oxygen atoms in total. The van der Waals surface area contributed by atoms with Gasteiger partial charge in [-0.25, -0.2) is 0 Å². The first-order valence-corrected chi connectivity index (χ1v) is 6.18. The van der Waals surface area contributed by atoms with Crippen molar-refractivity contribution >= 4 is 11.8 Å². The summed E-state index contributed by atoms with van der Waals surface area (Å²) in [5.41, 5.74) is 1.01. The number of unbranched alkanes of at least 4 members (excludes halogenated alkanes) is 2. The molecular weight excluding hydrogens is 192 g/mol. The van der Waals surface area contributed by atoms with Crippen molar-refractivity contribution in [2.45, 2.75) is 37.7 Å². The van der Waals surface area contributed by atoms with E-state index in [0.29, 0.717) is 0 Å². The molecular formula is C12H18OS. The Kier molecular flexibility index (Phi) is 5.72. The fourth-order valence-corrected chi connectivity index (χ4v) is 2.27. The van der Waals surface area contributed by atoms with Crippen molar-refractivity contribution in [1.29, 1.82) is 0 Å². The smallest absolute Gasteiger partial charge is 0.0682 e. The van der Waals surface area contributed by atoms with Gasteiger partial charge in [0.05, 0.1) is 6.61 Å². The molecule has 0 aliphatic carbocycles. The summed E-state index contributed by atoms with van der Waals surface area (Å²) in [6.07, 6.45) is 3.87. The topological polar surface area (TPSA) is 20.2 Å². The molecule has 0 atom stereocenters. The summed E-state index contributed by atoms with van der Waals surface area (Å²) in [5, 5.41) is 8.96. The van der Waals surface area contributed by atoms with Crippen LogP contribution in [-0.4, -0.2) is 10.9 Å². The van der Waals surface area contributed by atoms with Gasteiger partial charge in [0.1, 0.15) is 0 Å². The quantitative estimate of drug-likeness (QED) is 0.573. The predicted octanol–water partition coefficient (Wildman–Crippen LogP) is 3.46. The normalized spacial score (nSPS) is 10.4. The van der Waals surface area contributed by atoms with E-state index >= 15 is 0 Å². The summed E-state index contributed by atoms with van der Waals surface area (Å²) in [6.45, 7) is 2.36. The van der Waals surface area contributed by atoms with Crippen molar-refractivity contribution in [3.8, 4) is 0 Å². The Hall–Kier alpha value is -0.470. The second-order valence-electron chi connectivity index (χ2n) is 3.36. The van der Waals surface area contributed by atoms with E-state index in [0.717, 1.165) is 5.56 Å². The first kappa shape index (κ1) is 11.6. The van der Waals surface area contributed by atoms with Crippen molar-refractivity contribution in [2.75, 3.05) is 5.75 Å². The molecule has 0 spiro atoms. The molecule has 2 heteroatoms. The third kappa shape index (κ3) is 4.16. The highest BCUT2D eigenvalue weighted by molar-refractivity contribution is 7.99. The highest BCUT2D eigenvalue weighted by Crippen LogP contribution is 2.20. The number of hydrogen-bond donors (Lipinski definition) is 1. The average molecular weight is 210 g/mol. The fraction of sp³-hybridized carbons (Fsp3) is 0.500. The minimum Gasteiger partial charge on any atom is -0.392 e. The van der Waals surface area contributed by atoms with Gasteiger partial charge in [-0.05, 0) is 29.9 Å². The number of hydrogen-bond acceptors (Lipinski definition) is 2. The molecule has 1 rings (SSSR count). The molecule has 0 fully saturated rings. The van der Waals surface area contributed by atoms with Gasteiger partial charge in [-0.15, -0.1) is 11.8 Å². The number of benzene rings is 1. The fourth-order valence-electron chi connectivity index (χ4n) is 1.28. The Balaban J connectivity index is 2.34. The monoisotopic (exact) mass is 210 g/mol. The minimum absolute atomic E-state index is 0.142. The molecule has 1 aromatic carbocycles. The first-order valence-electron chi connectivity index (χ1n) is 5.19. The van der Waals surface area contributed by atoms with Crippen LogP contribution < -0.4 is 0 Å². The van der Waals surface area contributed by atoms with E-state index < -0.39 is 0 Å². The molecule has 0 amide bonds. The average Bonchev–Trinajstić information content (AvgIpc) is 2.25. The van der Waals surface area contributed by atoms with Crippen molar-refractivity contribution in [3.63, 3.8) is 0 Å². The van der Waals surface area contributed by atoms with Crippen LogP contribution in [0.5, 0.6) is 0 Å². The summed E-state index contributed by atoms with van der Waals surface area (Å²) in [7, 11) is 0. The molecule has 0 aromatic heterocycles. The lowest BCUT2D eigenvalue weighted by Crippen LogP contribution is -1.84. The Morgan fingerprint density at radius 3 is 2.86 bits per heavy atom. The molecule has 1 aromatic rings. The number of thioether (sulfide) groups is 1. The van der Waals surface area contributed by atoms with E-state index in [-0.39, 0.29) is 6.61 Å². The van der Waals surface area contributed by atoms with Gasteiger partial charge in [0, 0.05) is 4.90 Å². The Labute approximate surface area is 90.5 Å². The van der Waals surface area contributed by atoms with Crippen molar-refractivity contribution < 1.29 is 5.11 Å². The van der Waals surface area contributed by atoms with Gasteiger partial charge < -0.3 is 5.11 Å². The van der Waals surface area contributed by atoms with E-state index in [1.165, 1.54) is 29.9 Å². The molecule has 0 unspecified atom stereocenters. The Morgan fingerprint density at radius 2 is 2.14 bits per heavy atom. The summed E-state index contributed by atoms with van der Waals surface area (Å²) < 4.78 is 0. The Bertz CT molecular complexity index is 260. The van der Waals surface area contributed by atoms with Crippen LogP contribution in [0.4, 0.5) is 0 Å². The second kappa shape index (κ2) is 6.91. The number of rotatable bonds is 6. The zero-order chi connectivity index (χ0) is 10.2. The predicted molar refractivity (Wildman–Crippen MR) is 62.6 cm³/mol. The molecule has 0 bridgehead atoms. The lowest BCUT2D eigenvalue weighted by molar-refractivity contribution is 0.281. The van der Waals surface area contributed by atoms with E-state index in [1.807, 2.05) is 23.9 Å². The standard InChI is InChI=1S/C12H18OS/c1-2-3-4-8-14-12-7-5-6-11(9-12)10-13/h5-7,9,13H,2-4,8,10H2,1H3. The van der Waals surface area contributed by atoms with Gasteiger partial charge in [0.2, 0.25) is 0 Å². The van der Waals surface area contributed by atoms with Crippen LogP contribution in [0.1, 0.15) is 31.7 Å². The van der Waals surface area contributed by atoms with Crippen LogP contribution >= 0.6 is 11.8 Å². The van der Waals surface area contributed by atoms with Crippen LogP contribution in [0.15, 0.2) is 29.2 Å². The lowest BCUT2D eigenvalue weighted by Gasteiger charge is -2.02. The summed E-state index contributed by atoms with van der Waals surface area (Å²) in [6, 6.07) is 8.14. The molecule has 14 heavy (non-hydrogen) atoms. The van der Waals surface area contributed by atoms with E-state index in [1.54, 1.807) is 0 Å². The molecule has 0 radical (unpaired) electrons. The number of aliphatic hydroxyl groups excluding tert-OH is 1. The van der Waals surface area contributed by atoms with Gasteiger partial charge in [0.15, 0.2) is 0 Å². The SMILES string of the molecule is CCCCCSc1cccc(CO)c1. The van der Waals surface area contributed by atoms with Gasteiger partial charge in [0.25, 0.3) is 0 Å². The van der Waals surface area contributed by atoms with Gasteiger partial charge in [-0.3, -0.25) is 0 Å². The van der Waals surface area contributed by atoms with Crippen LogP contribution in [0, 0.1) is 0 Å². The van der Waals surface area contributed by atoms with Crippen molar-refractivity contribution in [3.05, 3.63) is 29.8 Å². The maximum Gasteiger partial charge on any atom is 0.0682 e. The number of aliphatic hydroxyl groups is 1. The van der Waals surface area contributed by atoms with Gasteiger partial charge in [-0.2, -0.15) is 0 Å². The second-order valence-corrected chi connectivity index (χ2v) is 4.53. The molecule has 0 heterocycles. The zero-order valence-corrected chi connectivity index (χ0v) is 9.52. The highest BCUT2D eigenvalue weighted by Gasteiger charge is 1.95. The van der Waals surface area contributed by atoms with Crippen LogP contribution in [0.2, 0.25) is 0 Å². The van der Waals surface area contributed by atoms with Crippen molar-refractivity contribution in [1.82, 2.24) is 0 Å². The third-order valence-corrected chi connectivity index (χ3v) is 3.18. The van der Waals surface area contributed by atoms with Gasteiger partial charge in [-0.1, -0.05) is 31.9 Å². The minimum atomic E-state index is 0.142. The highest BCUT2D eigenvalue weighted by atomic mass is 32.2. The molecule has 0 saturated heterocycles. The molecule has 78 valence electrons. The lowest BCUT2D eigenvalue weighted by atomic mass is 10.2. The van der Waals surface area contributed by atoms with Crippen molar-refractivity contribution in [2.24, 2.45) is 0 Å². The van der Waals surface area contributed by atoms with Crippen LogP contribution in [0.3, 0.4) is 0 Å². The molecule has 1 N–H and O–H groups in total. The molecule has 0 saturated carbocycles. The summed E-state index contributed by atoms with van der Waals surface area (Å²) >= 11 is 1.88. The van der Waals surface area contributed by atoms with Crippen LogP contribution in [0.25, 0.3) is 0 Å². The largest absolute Gasteiger partial charge is 0.392 e. The van der Waals surface area contributed by atoms with E-state index in [9.17, 15) is 0 Å². The maximum atomic E-state index is 8.96. The first-order chi connectivity index (χ1) is 6.86. The van der Waals surface area contributed by atoms with Gasteiger partial charge >= 0.3 is 0 Å². The third-order valence-electron chi connectivity index (χ3n) is 2.10. The van der Waals surface area contributed by atoms with E-state index in [4.69, 9.17) is 5.11 Å². The zero-order valence-electron chi connectivity index (χ0n) is 8.70. The summed E-state index contributed by atoms with van der Waals surface area (Å²) in [5.74, 6) is 1.18. The van der Waals surface area contributed by atoms with Crippen LogP contribution in [-0.2, 0) is 6.61 Å². The maximum absolute atomic E-state index is 8.96. The molecule has 0 aliphatic heterocycles.